The first-order valence-electron chi connectivity index (χ1n) is 7.11. The number of sulfonamides is 2. The molecular formula is C14H15BrN2O4S3. The fourth-order valence-corrected chi connectivity index (χ4v) is 7.05. The second kappa shape index (κ2) is 6.85. The first-order chi connectivity index (χ1) is 11.3. The van der Waals surface area contributed by atoms with Crippen LogP contribution < -0.4 is 0 Å². The first-order valence-corrected chi connectivity index (χ1v) is 11.7. The Labute approximate surface area is 153 Å². The second-order valence-electron chi connectivity index (χ2n) is 5.20. The lowest BCUT2D eigenvalue weighted by Crippen LogP contribution is -2.50. The highest BCUT2D eigenvalue weighted by atomic mass is 79.9. The van der Waals surface area contributed by atoms with Crippen molar-refractivity contribution in [2.24, 2.45) is 0 Å². The minimum absolute atomic E-state index is 0.138. The maximum atomic E-state index is 12.7. The number of benzene rings is 1. The third-order valence-corrected chi connectivity index (χ3v) is 9.38. The summed E-state index contributed by atoms with van der Waals surface area (Å²) in [7, 11) is -7.16. The van der Waals surface area contributed by atoms with Crippen molar-refractivity contribution in [1.82, 2.24) is 8.61 Å². The highest BCUT2D eigenvalue weighted by Gasteiger charge is 2.34. The Bertz CT molecular complexity index is 919. The van der Waals surface area contributed by atoms with Gasteiger partial charge in [0.25, 0.3) is 10.0 Å². The minimum atomic E-state index is -3.62. The monoisotopic (exact) mass is 450 g/mol. The molecule has 1 fully saturated rings. The van der Waals surface area contributed by atoms with Crippen LogP contribution in [0.4, 0.5) is 0 Å². The molecule has 2 heterocycles. The van der Waals surface area contributed by atoms with Crippen LogP contribution in [0.25, 0.3) is 0 Å². The zero-order valence-electron chi connectivity index (χ0n) is 12.5. The zero-order valence-corrected chi connectivity index (χ0v) is 16.5. The Morgan fingerprint density at radius 1 is 0.875 bits per heavy atom. The van der Waals surface area contributed by atoms with Crippen molar-refractivity contribution in [2.75, 3.05) is 26.2 Å². The van der Waals surface area contributed by atoms with Gasteiger partial charge in [-0.3, -0.25) is 0 Å². The van der Waals surface area contributed by atoms with E-state index in [0.717, 1.165) is 11.3 Å². The van der Waals surface area contributed by atoms with Crippen LogP contribution in [0, 0.1) is 0 Å². The standard InChI is InChI=1S/C14H15BrN2O4S3/c15-12-3-1-4-13(11-12)23(18,19)16-6-8-17(9-7-16)24(20,21)14-5-2-10-22-14/h1-5,10-11H,6-9H2. The van der Waals surface area contributed by atoms with Crippen LogP contribution in [0.1, 0.15) is 0 Å². The molecule has 2 aromatic rings. The van der Waals surface area contributed by atoms with Crippen LogP contribution in [0.2, 0.25) is 0 Å². The summed E-state index contributed by atoms with van der Waals surface area (Å²) in [6.07, 6.45) is 0. The molecule has 10 heteroatoms. The molecule has 130 valence electrons. The quantitative estimate of drug-likeness (QED) is 0.715. The predicted molar refractivity (Wildman–Crippen MR) is 96.0 cm³/mol. The Kier molecular flexibility index (Phi) is 5.14. The molecule has 1 saturated heterocycles. The maximum Gasteiger partial charge on any atom is 0.252 e. The summed E-state index contributed by atoms with van der Waals surface area (Å²) in [5.41, 5.74) is 0. The summed E-state index contributed by atoms with van der Waals surface area (Å²) in [5.74, 6) is 0. The fourth-order valence-electron chi connectivity index (χ4n) is 2.46. The van der Waals surface area contributed by atoms with E-state index in [9.17, 15) is 16.8 Å². The van der Waals surface area contributed by atoms with Gasteiger partial charge >= 0.3 is 0 Å². The Morgan fingerprint density at radius 3 is 2.04 bits per heavy atom. The molecule has 1 aromatic carbocycles. The van der Waals surface area contributed by atoms with E-state index in [4.69, 9.17) is 0 Å². The molecule has 24 heavy (non-hydrogen) atoms. The molecule has 0 unspecified atom stereocenters. The van der Waals surface area contributed by atoms with Gasteiger partial charge in [0.15, 0.2) is 0 Å². The van der Waals surface area contributed by atoms with E-state index in [1.807, 2.05) is 0 Å². The number of thiophene rings is 1. The topological polar surface area (TPSA) is 74.8 Å². The van der Waals surface area contributed by atoms with Crippen LogP contribution in [-0.4, -0.2) is 51.6 Å². The molecule has 1 aliphatic rings. The Hall–Kier alpha value is -0.780. The number of nitrogens with zero attached hydrogens (tertiary/aromatic N) is 2. The lowest BCUT2D eigenvalue weighted by molar-refractivity contribution is 0.273. The molecule has 6 nitrogen and oxygen atoms in total. The number of piperazine rings is 1. The maximum absolute atomic E-state index is 12.7. The Balaban J connectivity index is 1.76. The second-order valence-corrected chi connectivity index (χ2v) is 11.2. The number of hydrogen-bond acceptors (Lipinski definition) is 5. The molecule has 0 radical (unpaired) electrons. The van der Waals surface area contributed by atoms with Crippen LogP contribution in [0.5, 0.6) is 0 Å². The number of rotatable bonds is 4. The van der Waals surface area contributed by atoms with Crippen molar-refractivity contribution < 1.29 is 16.8 Å². The molecule has 1 aliphatic heterocycles. The lowest BCUT2D eigenvalue weighted by Gasteiger charge is -2.32. The summed E-state index contributed by atoms with van der Waals surface area (Å²) in [4.78, 5) is 0.200. The van der Waals surface area contributed by atoms with Gasteiger partial charge in [-0.05, 0) is 29.6 Å². The van der Waals surface area contributed by atoms with E-state index < -0.39 is 20.0 Å². The van der Waals surface area contributed by atoms with Crippen LogP contribution in [-0.2, 0) is 20.0 Å². The van der Waals surface area contributed by atoms with Gasteiger partial charge in [0.05, 0.1) is 4.90 Å². The lowest BCUT2D eigenvalue weighted by atomic mass is 10.4. The first kappa shape index (κ1) is 18.0. The smallest absolute Gasteiger partial charge is 0.207 e. The van der Waals surface area contributed by atoms with E-state index >= 15 is 0 Å². The average molecular weight is 451 g/mol. The van der Waals surface area contributed by atoms with Gasteiger partial charge in [-0.25, -0.2) is 16.8 Å². The van der Waals surface area contributed by atoms with Crippen molar-refractivity contribution >= 4 is 47.3 Å². The average Bonchev–Trinajstić information content (AvgIpc) is 3.10. The van der Waals surface area contributed by atoms with Crippen molar-refractivity contribution in [1.29, 1.82) is 0 Å². The van der Waals surface area contributed by atoms with Crippen LogP contribution in [0.15, 0.2) is 55.4 Å². The fraction of sp³-hybridized carbons (Fsp3) is 0.286. The van der Waals surface area contributed by atoms with E-state index in [1.165, 1.54) is 14.7 Å². The largest absolute Gasteiger partial charge is 0.252 e. The van der Waals surface area contributed by atoms with E-state index in [0.29, 0.717) is 4.47 Å². The van der Waals surface area contributed by atoms with Crippen molar-refractivity contribution in [3.63, 3.8) is 0 Å². The van der Waals surface area contributed by atoms with Gasteiger partial charge in [0, 0.05) is 30.7 Å². The van der Waals surface area contributed by atoms with Gasteiger partial charge in [-0.2, -0.15) is 8.61 Å². The third-order valence-electron chi connectivity index (χ3n) is 3.72. The van der Waals surface area contributed by atoms with Crippen LogP contribution >= 0.6 is 27.3 Å². The van der Waals surface area contributed by atoms with Gasteiger partial charge in [0.1, 0.15) is 4.21 Å². The molecular weight excluding hydrogens is 436 g/mol. The third kappa shape index (κ3) is 3.44. The summed E-state index contributed by atoms with van der Waals surface area (Å²) < 4.78 is 53.9. The highest BCUT2D eigenvalue weighted by Crippen LogP contribution is 2.25. The van der Waals surface area contributed by atoms with E-state index in [1.54, 1.807) is 35.7 Å². The Morgan fingerprint density at radius 2 is 1.50 bits per heavy atom. The zero-order chi connectivity index (χ0) is 17.4. The van der Waals surface area contributed by atoms with Gasteiger partial charge < -0.3 is 0 Å². The SMILES string of the molecule is O=S(=O)(c1cccc(Br)c1)N1CCN(S(=O)(=O)c2cccs2)CC1. The molecule has 0 bridgehead atoms. The van der Waals surface area contributed by atoms with Gasteiger partial charge in [-0.15, -0.1) is 11.3 Å². The molecule has 0 saturated carbocycles. The van der Waals surface area contributed by atoms with E-state index in [-0.39, 0.29) is 35.3 Å². The molecule has 0 amide bonds. The molecule has 0 aliphatic carbocycles. The van der Waals surface area contributed by atoms with Crippen molar-refractivity contribution in [3.05, 3.63) is 46.3 Å². The van der Waals surface area contributed by atoms with Crippen molar-refractivity contribution in [3.8, 4) is 0 Å². The van der Waals surface area contributed by atoms with E-state index in [2.05, 4.69) is 15.9 Å². The summed E-state index contributed by atoms with van der Waals surface area (Å²) in [6.45, 7) is 0.569. The molecule has 0 N–H and O–H groups in total. The number of hydrogen-bond donors (Lipinski definition) is 0. The van der Waals surface area contributed by atoms with Gasteiger partial charge in [0.2, 0.25) is 10.0 Å². The van der Waals surface area contributed by atoms with Gasteiger partial charge in [-0.1, -0.05) is 28.1 Å². The summed E-state index contributed by atoms with van der Waals surface area (Å²) >= 11 is 4.43. The normalized spacial score (nSPS) is 17.9. The van der Waals surface area contributed by atoms with Crippen molar-refractivity contribution in [2.45, 2.75) is 9.10 Å². The summed E-state index contributed by atoms with van der Waals surface area (Å²) in [5, 5.41) is 1.71. The summed E-state index contributed by atoms with van der Waals surface area (Å²) in [6, 6.07) is 9.74. The highest BCUT2D eigenvalue weighted by molar-refractivity contribution is 9.10. The molecule has 0 atom stereocenters. The molecule has 0 spiro atoms. The molecule has 3 rings (SSSR count). The minimum Gasteiger partial charge on any atom is -0.207 e. The molecule has 1 aromatic heterocycles. The van der Waals surface area contributed by atoms with Crippen LogP contribution in [0.3, 0.4) is 0 Å². The number of halogens is 1. The predicted octanol–water partition coefficient (Wildman–Crippen LogP) is 2.21.